The molecule has 2 fully saturated rings. The molecule has 112 valence electrons. The van der Waals surface area contributed by atoms with Crippen molar-refractivity contribution < 1.29 is 4.74 Å². The van der Waals surface area contributed by atoms with E-state index in [0.29, 0.717) is 0 Å². The molecule has 19 heavy (non-hydrogen) atoms. The Hall–Kier alpha value is 0.270. The van der Waals surface area contributed by atoms with E-state index < -0.39 is 0 Å². The molecule has 1 unspecified atom stereocenters. The lowest BCUT2D eigenvalue weighted by Crippen LogP contribution is -2.35. The molecule has 1 heterocycles. The lowest BCUT2D eigenvalue weighted by molar-refractivity contribution is 0.0613. The Bertz CT molecular complexity index is 225. The van der Waals surface area contributed by atoms with Gasteiger partial charge in [0, 0.05) is 30.3 Å². The number of ether oxygens (including phenoxy) is 1. The van der Waals surface area contributed by atoms with Gasteiger partial charge in [-0.3, -0.25) is 0 Å². The van der Waals surface area contributed by atoms with Gasteiger partial charge in [-0.1, -0.05) is 19.8 Å². The van der Waals surface area contributed by atoms with Crippen molar-refractivity contribution in [3.63, 3.8) is 0 Å². The lowest BCUT2D eigenvalue weighted by Gasteiger charge is -2.28. The minimum Gasteiger partial charge on any atom is -0.381 e. The molecule has 0 spiro atoms. The molecule has 0 aromatic rings. The van der Waals surface area contributed by atoms with E-state index in [1.807, 2.05) is 0 Å². The maximum atomic E-state index is 5.48. The number of nitrogens with one attached hydrogen (secondary N) is 1. The normalized spacial score (nSPS) is 23.8. The van der Waals surface area contributed by atoms with Gasteiger partial charge in [-0.05, 0) is 51.0 Å². The van der Waals surface area contributed by atoms with Crippen molar-refractivity contribution in [2.24, 2.45) is 5.92 Å². The summed E-state index contributed by atoms with van der Waals surface area (Å²) in [6.07, 6.45) is 11.0. The number of hydrogen-bond acceptors (Lipinski definition) is 3. The minimum absolute atomic E-state index is 0.730. The minimum atomic E-state index is 0.730. The topological polar surface area (TPSA) is 21.3 Å². The van der Waals surface area contributed by atoms with Crippen molar-refractivity contribution in [1.82, 2.24) is 5.32 Å². The van der Waals surface area contributed by atoms with Crippen molar-refractivity contribution in [1.29, 1.82) is 0 Å². The van der Waals surface area contributed by atoms with Crippen molar-refractivity contribution in [2.75, 3.05) is 25.5 Å². The fourth-order valence-electron chi connectivity index (χ4n) is 3.25. The van der Waals surface area contributed by atoms with Crippen LogP contribution in [0.4, 0.5) is 0 Å². The highest BCUT2D eigenvalue weighted by Crippen LogP contribution is 2.31. The highest BCUT2D eigenvalue weighted by Gasteiger charge is 2.21. The second-order valence-corrected chi connectivity index (χ2v) is 7.52. The van der Waals surface area contributed by atoms with Gasteiger partial charge in [-0.25, -0.2) is 0 Å². The van der Waals surface area contributed by atoms with Gasteiger partial charge >= 0.3 is 0 Å². The third-order valence-electron chi connectivity index (χ3n) is 4.48. The Morgan fingerprint density at radius 1 is 1.16 bits per heavy atom. The molecule has 3 heteroatoms. The zero-order valence-corrected chi connectivity index (χ0v) is 13.4. The summed E-state index contributed by atoms with van der Waals surface area (Å²) in [6, 6.07) is 0.730. The number of rotatable bonds is 8. The van der Waals surface area contributed by atoms with Crippen LogP contribution in [0.1, 0.15) is 58.3 Å². The van der Waals surface area contributed by atoms with Crippen LogP contribution in [0.15, 0.2) is 0 Å². The molecule has 1 saturated heterocycles. The summed E-state index contributed by atoms with van der Waals surface area (Å²) in [5, 5.41) is 4.74. The largest absolute Gasteiger partial charge is 0.381 e. The van der Waals surface area contributed by atoms with Crippen molar-refractivity contribution in [3.8, 4) is 0 Å². The fraction of sp³-hybridized carbons (Fsp3) is 1.00. The van der Waals surface area contributed by atoms with Crippen LogP contribution in [-0.4, -0.2) is 36.8 Å². The molecule has 0 bridgehead atoms. The smallest absolute Gasteiger partial charge is 0.0468 e. The molecule has 0 amide bonds. The molecular formula is C16H31NOS. The Morgan fingerprint density at radius 3 is 2.58 bits per heavy atom. The predicted molar refractivity (Wildman–Crippen MR) is 85.0 cm³/mol. The maximum absolute atomic E-state index is 5.48. The van der Waals surface area contributed by atoms with Gasteiger partial charge in [0.1, 0.15) is 0 Å². The first-order valence-corrected chi connectivity index (χ1v) is 9.36. The first-order valence-electron chi connectivity index (χ1n) is 8.31. The van der Waals surface area contributed by atoms with Crippen LogP contribution >= 0.6 is 11.8 Å². The number of thioether (sulfide) groups is 1. The average Bonchev–Trinajstić information content (AvgIpc) is 2.96. The van der Waals surface area contributed by atoms with E-state index in [9.17, 15) is 0 Å². The summed E-state index contributed by atoms with van der Waals surface area (Å²) in [5.41, 5.74) is 0. The van der Waals surface area contributed by atoms with Crippen LogP contribution in [0.25, 0.3) is 0 Å². The van der Waals surface area contributed by atoms with Gasteiger partial charge in [-0.15, -0.1) is 0 Å². The zero-order chi connectivity index (χ0) is 13.3. The highest BCUT2D eigenvalue weighted by molar-refractivity contribution is 7.99. The molecule has 1 aliphatic heterocycles. The summed E-state index contributed by atoms with van der Waals surface area (Å²) < 4.78 is 5.48. The molecule has 2 rings (SSSR count). The Morgan fingerprint density at radius 2 is 1.89 bits per heavy atom. The van der Waals surface area contributed by atoms with Gasteiger partial charge in [0.05, 0.1) is 0 Å². The van der Waals surface area contributed by atoms with Crippen LogP contribution in [0.2, 0.25) is 0 Å². The van der Waals surface area contributed by atoms with Crippen molar-refractivity contribution in [2.45, 2.75) is 69.6 Å². The van der Waals surface area contributed by atoms with E-state index in [1.165, 1.54) is 63.7 Å². The first-order chi connectivity index (χ1) is 9.38. The van der Waals surface area contributed by atoms with Crippen LogP contribution in [0.3, 0.4) is 0 Å². The summed E-state index contributed by atoms with van der Waals surface area (Å²) in [7, 11) is 0. The second kappa shape index (κ2) is 9.25. The van der Waals surface area contributed by atoms with E-state index >= 15 is 0 Å². The molecule has 2 nitrogen and oxygen atoms in total. The fourth-order valence-corrected chi connectivity index (χ4v) is 4.68. The maximum Gasteiger partial charge on any atom is 0.0468 e. The van der Waals surface area contributed by atoms with E-state index in [1.54, 1.807) is 0 Å². The van der Waals surface area contributed by atoms with E-state index in [0.717, 1.165) is 30.4 Å². The van der Waals surface area contributed by atoms with Crippen LogP contribution in [-0.2, 0) is 4.74 Å². The van der Waals surface area contributed by atoms with Crippen molar-refractivity contribution >= 4 is 11.8 Å². The van der Waals surface area contributed by atoms with E-state index in [-0.39, 0.29) is 0 Å². The molecular weight excluding hydrogens is 254 g/mol. The molecule has 1 aliphatic carbocycles. The van der Waals surface area contributed by atoms with Gasteiger partial charge < -0.3 is 10.1 Å². The third-order valence-corrected chi connectivity index (χ3v) is 6.01. The standard InChI is InChI=1S/C16H31NOS/c1-2-9-17-15(12-14-7-10-18-11-8-14)13-19-16-5-3-4-6-16/h14-17H,2-13H2,1H3. The second-order valence-electron chi connectivity index (χ2n) is 6.18. The van der Waals surface area contributed by atoms with Crippen LogP contribution in [0, 0.1) is 5.92 Å². The van der Waals surface area contributed by atoms with Gasteiger partial charge in [0.25, 0.3) is 0 Å². The Balaban J connectivity index is 1.69. The highest BCUT2D eigenvalue weighted by atomic mass is 32.2. The molecule has 0 radical (unpaired) electrons. The quantitative estimate of drug-likeness (QED) is 0.732. The zero-order valence-electron chi connectivity index (χ0n) is 12.5. The van der Waals surface area contributed by atoms with Gasteiger partial charge in [0.15, 0.2) is 0 Å². The van der Waals surface area contributed by atoms with Gasteiger partial charge in [0.2, 0.25) is 0 Å². The van der Waals surface area contributed by atoms with Crippen LogP contribution < -0.4 is 5.32 Å². The summed E-state index contributed by atoms with van der Waals surface area (Å²) in [6.45, 7) is 5.42. The van der Waals surface area contributed by atoms with E-state index in [4.69, 9.17) is 4.74 Å². The lowest BCUT2D eigenvalue weighted by atomic mass is 9.93. The molecule has 1 saturated carbocycles. The summed E-state index contributed by atoms with van der Waals surface area (Å²) >= 11 is 2.24. The third kappa shape index (κ3) is 6.05. The molecule has 2 aliphatic rings. The van der Waals surface area contributed by atoms with Gasteiger partial charge in [-0.2, -0.15) is 11.8 Å². The monoisotopic (exact) mass is 285 g/mol. The SMILES string of the molecule is CCCNC(CSC1CCCC1)CC1CCOCC1. The number of hydrogen-bond donors (Lipinski definition) is 1. The van der Waals surface area contributed by atoms with E-state index in [2.05, 4.69) is 24.0 Å². The summed E-state index contributed by atoms with van der Waals surface area (Å²) in [4.78, 5) is 0. The van der Waals surface area contributed by atoms with Crippen LogP contribution in [0.5, 0.6) is 0 Å². The summed E-state index contributed by atoms with van der Waals surface area (Å²) in [5.74, 6) is 2.22. The first kappa shape index (κ1) is 15.7. The van der Waals surface area contributed by atoms with Crippen molar-refractivity contribution in [3.05, 3.63) is 0 Å². The Labute approximate surface area is 123 Å². The molecule has 0 aromatic carbocycles. The molecule has 1 N–H and O–H groups in total. The average molecular weight is 285 g/mol. The Kier molecular flexibility index (Phi) is 7.62. The molecule has 0 aromatic heterocycles. The predicted octanol–water partition coefficient (Wildman–Crippen LogP) is 3.85. The molecule has 1 atom stereocenters.